The minimum atomic E-state index is -0.391. The van der Waals surface area contributed by atoms with Crippen molar-refractivity contribution >= 4 is 17.2 Å². The summed E-state index contributed by atoms with van der Waals surface area (Å²) in [4.78, 5) is 13.7. The van der Waals surface area contributed by atoms with Gasteiger partial charge in [0, 0.05) is 22.7 Å². The van der Waals surface area contributed by atoms with E-state index in [-0.39, 0.29) is 5.91 Å². The maximum atomic E-state index is 11.4. The zero-order valence-corrected chi connectivity index (χ0v) is 10.9. The molecular weight excluding hydrogens is 234 g/mol. The van der Waals surface area contributed by atoms with E-state index >= 15 is 0 Å². The van der Waals surface area contributed by atoms with E-state index in [0.29, 0.717) is 18.9 Å². The molecule has 1 fully saturated rings. The lowest BCUT2D eigenvalue weighted by atomic mass is 10.2. The van der Waals surface area contributed by atoms with Gasteiger partial charge in [-0.2, -0.15) is 0 Å². The molecule has 0 aliphatic heterocycles. The van der Waals surface area contributed by atoms with Crippen LogP contribution in [0.3, 0.4) is 0 Å². The number of rotatable bonds is 6. The van der Waals surface area contributed by atoms with Crippen LogP contribution in [0.4, 0.5) is 0 Å². The standard InChI is InChI=1S/C13H19NO2S/c1-9(15)12-5-4-11(17-12)6-7-14-13(16)8-10-2-3-10/h4-5,9-10,15H,2-3,6-8H2,1H3,(H,14,16). The highest BCUT2D eigenvalue weighted by Crippen LogP contribution is 2.32. The Bertz CT molecular complexity index is 383. The number of aliphatic hydroxyl groups excluding tert-OH is 1. The average molecular weight is 253 g/mol. The second kappa shape index (κ2) is 5.65. The van der Waals surface area contributed by atoms with Gasteiger partial charge in [0.05, 0.1) is 6.10 Å². The van der Waals surface area contributed by atoms with Crippen LogP contribution in [0, 0.1) is 5.92 Å². The second-order valence-corrected chi connectivity index (χ2v) is 5.93. The molecule has 1 amide bonds. The monoisotopic (exact) mass is 253 g/mol. The summed E-state index contributed by atoms with van der Waals surface area (Å²) < 4.78 is 0. The van der Waals surface area contributed by atoms with Gasteiger partial charge < -0.3 is 10.4 Å². The topological polar surface area (TPSA) is 49.3 Å². The number of carbonyl (C=O) groups is 1. The molecule has 0 spiro atoms. The number of aliphatic hydroxyl groups is 1. The number of hydrogen-bond acceptors (Lipinski definition) is 3. The van der Waals surface area contributed by atoms with Gasteiger partial charge in [-0.15, -0.1) is 11.3 Å². The molecule has 4 heteroatoms. The molecule has 0 bridgehead atoms. The molecule has 94 valence electrons. The van der Waals surface area contributed by atoms with Crippen LogP contribution in [0.2, 0.25) is 0 Å². The van der Waals surface area contributed by atoms with Gasteiger partial charge in [0.15, 0.2) is 0 Å². The quantitative estimate of drug-likeness (QED) is 0.817. The number of amides is 1. The van der Waals surface area contributed by atoms with Crippen molar-refractivity contribution in [2.75, 3.05) is 6.54 Å². The van der Waals surface area contributed by atoms with Gasteiger partial charge in [-0.05, 0) is 44.2 Å². The molecule has 1 aromatic rings. The SMILES string of the molecule is CC(O)c1ccc(CCNC(=O)CC2CC2)s1. The Hall–Kier alpha value is -0.870. The van der Waals surface area contributed by atoms with Crippen molar-refractivity contribution in [2.24, 2.45) is 5.92 Å². The summed E-state index contributed by atoms with van der Waals surface area (Å²) in [5, 5.41) is 12.3. The third kappa shape index (κ3) is 4.13. The smallest absolute Gasteiger partial charge is 0.220 e. The van der Waals surface area contributed by atoms with Crippen molar-refractivity contribution in [1.29, 1.82) is 0 Å². The molecule has 1 heterocycles. The predicted octanol–water partition coefficient (Wildman–Crippen LogP) is 2.26. The highest BCUT2D eigenvalue weighted by Gasteiger charge is 2.23. The molecule has 0 aromatic carbocycles. The first-order valence-electron chi connectivity index (χ1n) is 6.18. The van der Waals surface area contributed by atoms with Gasteiger partial charge in [-0.25, -0.2) is 0 Å². The Kier molecular flexibility index (Phi) is 4.18. The van der Waals surface area contributed by atoms with Gasteiger partial charge in [-0.3, -0.25) is 4.79 Å². The van der Waals surface area contributed by atoms with Crippen LogP contribution in [0.5, 0.6) is 0 Å². The zero-order chi connectivity index (χ0) is 12.3. The van der Waals surface area contributed by atoms with Crippen molar-refractivity contribution in [3.8, 4) is 0 Å². The molecular formula is C13H19NO2S. The fraction of sp³-hybridized carbons (Fsp3) is 0.615. The summed E-state index contributed by atoms with van der Waals surface area (Å²) in [5.41, 5.74) is 0. The molecule has 1 unspecified atom stereocenters. The Morgan fingerprint density at radius 1 is 1.59 bits per heavy atom. The van der Waals surface area contributed by atoms with Crippen LogP contribution in [0.25, 0.3) is 0 Å². The Labute approximate surface area is 106 Å². The van der Waals surface area contributed by atoms with Crippen molar-refractivity contribution < 1.29 is 9.90 Å². The largest absolute Gasteiger partial charge is 0.388 e. The molecule has 1 aliphatic rings. The molecule has 1 atom stereocenters. The van der Waals surface area contributed by atoms with Gasteiger partial charge >= 0.3 is 0 Å². The lowest BCUT2D eigenvalue weighted by Gasteiger charge is -2.03. The highest BCUT2D eigenvalue weighted by atomic mass is 32.1. The average Bonchev–Trinajstić information content (AvgIpc) is 2.94. The van der Waals surface area contributed by atoms with E-state index in [1.165, 1.54) is 17.7 Å². The molecule has 17 heavy (non-hydrogen) atoms. The van der Waals surface area contributed by atoms with E-state index in [1.807, 2.05) is 12.1 Å². The first-order chi connectivity index (χ1) is 8.15. The first-order valence-corrected chi connectivity index (χ1v) is 7.00. The van der Waals surface area contributed by atoms with Crippen LogP contribution in [0.15, 0.2) is 12.1 Å². The first kappa shape index (κ1) is 12.6. The number of thiophene rings is 1. The van der Waals surface area contributed by atoms with Crippen molar-refractivity contribution in [3.05, 3.63) is 21.9 Å². The third-order valence-corrected chi connectivity index (χ3v) is 4.27. The minimum Gasteiger partial charge on any atom is -0.388 e. The number of hydrogen-bond donors (Lipinski definition) is 2. The number of nitrogens with one attached hydrogen (secondary N) is 1. The molecule has 1 aromatic heterocycles. The number of carbonyl (C=O) groups excluding carboxylic acids is 1. The van der Waals surface area contributed by atoms with Crippen LogP contribution >= 0.6 is 11.3 Å². The van der Waals surface area contributed by atoms with Crippen molar-refractivity contribution in [2.45, 2.75) is 38.7 Å². The van der Waals surface area contributed by atoms with Crippen molar-refractivity contribution in [3.63, 3.8) is 0 Å². The predicted molar refractivity (Wildman–Crippen MR) is 69.0 cm³/mol. The zero-order valence-electron chi connectivity index (χ0n) is 10.1. The fourth-order valence-corrected chi connectivity index (χ4v) is 2.68. The van der Waals surface area contributed by atoms with Crippen LogP contribution < -0.4 is 5.32 Å². The van der Waals surface area contributed by atoms with E-state index in [2.05, 4.69) is 5.32 Å². The van der Waals surface area contributed by atoms with Crippen molar-refractivity contribution in [1.82, 2.24) is 5.32 Å². The second-order valence-electron chi connectivity index (χ2n) is 4.73. The summed E-state index contributed by atoms with van der Waals surface area (Å²) in [5.74, 6) is 0.832. The Morgan fingerprint density at radius 3 is 2.94 bits per heavy atom. The summed E-state index contributed by atoms with van der Waals surface area (Å²) >= 11 is 1.62. The normalized spacial score (nSPS) is 16.8. The van der Waals surface area contributed by atoms with E-state index < -0.39 is 6.10 Å². The van der Waals surface area contributed by atoms with Gasteiger partial charge in [0.2, 0.25) is 5.91 Å². The van der Waals surface area contributed by atoms with E-state index in [1.54, 1.807) is 18.3 Å². The fourth-order valence-electron chi connectivity index (χ4n) is 1.73. The Balaban J connectivity index is 1.67. The molecule has 1 aliphatic carbocycles. The lowest BCUT2D eigenvalue weighted by Crippen LogP contribution is -2.25. The maximum absolute atomic E-state index is 11.4. The summed E-state index contributed by atoms with van der Waals surface area (Å²) in [6.45, 7) is 2.47. The van der Waals surface area contributed by atoms with Gasteiger partial charge in [0.25, 0.3) is 0 Å². The molecule has 1 saturated carbocycles. The van der Waals surface area contributed by atoms with Crippen LogP contribution in [-0.4, -0.2) is 17.6 Å². The molecule has 0 saturated heterocycles. The summed E-state index contributed by atoms with van der Waals surface area (Å²) in [6.07, 6.45) is 3.60. The third-order valence-electron chi connectivity index (χ3n) is 2.96. The van der Waals surface area contributed by atoms with E-state index in [9.17, 15) is 9.90 Å². The molecule has 2 rings (SSSR count). The minimum absolute atomic E-state index is 0.180. The molecule has 3 nitrogen and oxygen atoms in total. The van der Waals surface area contributed by atoms with Gasteiger partial charge in [0.1, 0.15) is 0 Å². The van der Waals surface area contributed by atoms with Gasteiger partial charge in [-0.1, -0.05) is 0 Å². The van der Waals surface area contributed by atoms with E-state index in [0.717, 1.165) is 11.3 Å². The lowest BCUT2D eigenvalue weighted by molar-refractivity contribution is -0.121. The summed E-state index contributed by atoms with van der Waals surface area (Å²) in [6, 6.07) is 3.98. The highest BCUT2D eigenvalue weighted by molar-refractivity contribution is 7.12. The molecule has 2 N–H and O–H groups in total. The van der Waals surface area contributed by atoms with Crippen LogP contribution in [0.1, 0.15) is 42.0 Å². The van der Waals surface area contributed by atoms with Crippen LogP contribution in [-0.2, 0) is 11.2 Å². The Morgan fingerprint density at radius 2 is 2.35 bits per heavy atom. The van der Waals surface area contributed by atoms with E-state index in [4.69, 9.17) is 0 Å². The molecule has 0 radical (unpaired) electrons. The summed E-state index contributed by atoms with van der Waals surface area (Å²) in [7, 11) is 0. The maximum Gasteiger partial charge on any atom is 0.220 e.